The maximum absolute atomic E-state index is 13.4. The number of aromatic nitrogens is 2. The number of aryl methyl sites for hydroxylation is 1. The summed E-state index contributed by atoms with van der Waals surface area (Å²) in [6.07, 6.45) is 2.04. The zero-order valence-corrected chi connectivity index (χ0v) is 17.5. The minimum Gasteiger partial charge on any atom is -0.507 e. The number of aromatic hydroxyl groups is 1. The van der Waals surface area contributed by atoms with Gasteiger partial charge in [-0.2, -0.15) is 0 Å². The first-order chi connectivity index (χ1) is 15.0. The molecule has 1 aliphatic carbocycles. The van der Waals surface area contributed by atoms with Crippen LogP contribution in [0.3, 0.4) is 0 Å². The van der Waals surface area contributed by atoms with Crippen molar-refractivity contribution in [3.05, 3.63) is 69.2 Å². The van der Waals surface area contributed by atoms with Crippen molar-refractivity contribution in [2.45, 2.75) is 38.3 Å². The van der Waals surface area contributed by atoms with Crippen LogP contribution in [0.25, 0.3) is 21.8 Å². The zero-order chi connectivity index (χ0) is 21.7. The van der Waals surface area contributed by atoms with Gasteiger partial charge in [0, 0.05) is 17.5 Å². The van der Waals surface area contributed by atoms with Gasteiger partial charge in [-0.1, -0.05) is 35.0 Å². The molecule has 2 heterocycles. The van der Waals surface area contributed by atoms with Crippen molar-refractivity contribution in [2.75, 3.05) is 0 Å². The van der Waals surface area contributed by atoms with E-state index < -0.39 is 0 Å². The molecule has 7 nitrogen and oxygen atoms in total. The molecule has 2 aromatic carbocycles. The van der Waals surface area contributed by atoms with Crippen LogP contribution in [0.2, 0.25) is 5.02 Å². The van der Waals surface area contributed by atoms with Crippen LogP contribution in [-0.2, 0) is 0 Å². The minimum absolute atomic E-state index is 0.0558. The van der Waals surface area contributed by atoms with Gasteiger partial charge in [0.2, 0.25) is 0 Å². The molecule has 0 bridgehead atoms. The fraction of sp³-hybridized carbons (Fsp3) is 0.261. The van der Waals surface area contributed by atoms with Gasteiger partial charge in [0.1, 0.15) is 22.4 Å². The number of fused-ring (bicyclic) bond motifs is 3. The molecule has 5 rings (SSSR count). The van der Waals surface area contributed by atoms with Crippen molar-refractivity contribution in [1.82, 2.24) is 15.0 Å². The second-order valence-electron chi connectivity index (χ2n) is 7.93. The Labute approximate surface area is 182 Å². The van der Waals surface area contributed by atoms with E-state index in [4.69, 9.17) is 16.1 Å². The summed E-state index contributed by atoms with van der Waals surface area (Å²) in [6.45, 7) is 1.72. The van der Waals surface area contributed by atoms with Crippen LogP contribution in [-0.4, -0.2) is 26.8 Å². The highest BCUT2D eigenvalue weighted by Crippen LogP contribution is 2.36. The van der Waals surface area contributed by atoms with E-state index in [0.29, 0.717) is 39.0 Å². The average molecular weight is 438 g/mol. The number of benzene rings is 2. The van der Waals surface area contributed by atoms with Crippen molar-refractivity contribution >= 4 is 39.3 Å². The SMILES string of the molecule is Cc1onc2c1c(=O)n(C1CCC(NC(=O)c3ccccc3O)C1)c1cccc(Cl)c21. The van der Waals surface area contributed by atoms with E-state index in [0.717, 1.165) is 12.8 Å². The average Bonchev–Trinajstić information content (AvgIpc) is 3.35. The molecule has 1 fully saturated rings. The standard InChI is InChI=1S/C23H20ClN3O4/c1-12-19-21(26-31-12)20-16(24)6-4-7-17(20)27(23(19)30)14-10-9-13(11-14)25-22(29)15-5-2-3-8-18(15)28/h2-8,13-14,28H,9-11H2,1H3,(H,25,29). The number of halogens is 1. The Morgan fingerprint density at radius 1 is 1.19 bits per heavy atom. The summed E-state index contributed by atoms with van der Waals surface area (Å²) in [6, 6.07) is 11.7. The number of rotatable bonds is 3. The Balaban J connectivity index is 1.52. The molecule has 0 aliphatic heterocycles. The Kier molecular flexibility index (Phi) is 4.70. The first-order valence-corrected chi connectivity index (χ1v) is 10.5. The van der Waals surface area contributed by atoms with Gasteiger partial charge in [-0.3, -0.25) is 9.59 Å². The molecule has 31 heavy (non-hydrogen) atoms. The first kappa shape index (κ1) is 19.6. The Morgan fingerprint density at radius 3 is 2.81 bits per heavy atom. The normalized spacial score (nSPS) is 18.6. The highest BCUT2D eigenvalue weighted by atomic mass is 35.5. The Bertz CT molecular complexity index is 1390. The smallest absolute Gasteiger partial charge is 0.264 e. The summed E-state index contributed by atoms with van der Waals surface area (Å²) in [7, 11) is 0. The van der Waals surface area contributed by atoms with Crippen molar-refractivity contribution in [3.8, 4) is 5.75 Å². The topological polar surface area (TPSA) is 97.4 Å². The number of hydrogen-bond acceptors (Lipinski definition) is 5. The highest BCUT2D eigenvalue weighted by Gasteiger charge is 2.31. The fourth-order valence-corrected chi connectivity index (χ4v) is 4.85. The van der Waals surface area contributed by atoms with Crippen LogP contribution in [0.5, 0.6) is 5.75 Å². The van der Waals surface area contributed by atoms with E-state index in [2.05, 4.69) is 10.5 Å². The summed E-state index contributed by atoms with van der Waals surface area (Å²) < 4.78 is 7.07. The van der Waals surface area contributed by atoms with E-state index in [9.17, 15) is 14.7 Å². The minimum atomic E-state index is -0.325. The number of phenols is 1. The number of nitrogens with zero attached hydrogens (tertiary/aromatic N) is 2. The van der Waals surface area contributed by atoms with Gasteiger partial charge in [0.15, 0.2) is 0 Å². The van der Waals surface area contributed by atoms with Gasteiger partial charge in [0.05, 0.1) is 16.1 Å². The van der Waals surface area contributed by atoms with Crippen LogP contribution in [0.1, 0.15) is 41.4 Å². The molecule has 1 amide bonds. The van der Waals surface area contributed by atoms with Crippen LogP contribution in [0.15, 0.2) is 51.8 Å². The summed E-state index contributed by atoms with van der Waals surface area (Å²) in [5.41, 5.74) is 1.25. The van der Waals surface area contributed by atoms with Crippen LogP contribution in [0.4, 0.5) is 0 Å². The summed E-state index contributed by atoms with van der Waals surface area (Å²) in [4.78, 5) is 26.0. The molecule has 0 saturated heterocycles. The molecule has 2 atom stereocenters. The lowest BCUT2D eigenvalue weighted by atomic mass is 10.1. The zero-order valence-electron chi connectivity index (χ0n) is 16.8. The number of carbonyl (C=O) groups is 1. The maximum Gasteiger partial charge on any atom is 0.264 e. The largest absolute Gasteiger partial charge is 0.507 e. The molecule has 1 aliphatic rings. The van der Waals surface area contributed by atoms with Crippen LogP contribution < -0.4 is 10.9 Å². The third kappa shape index (κ3) is 3.16. The Hall–Kier alpha value is -3.32. The molecular weight excluding hydrogens is 418 g/mol. The van der Waals surface area contributed by atoms with E-state index in [-0.39, 0.29) is 34.9 Å². The first-order valence-electron chi connectivity index (χ1n) is 10.1. The predicted octanol–water partition coefficient (Wildman–Crippen LogP) is 4.33. The molecule has 0 radical (unpaired) electrons. The summed E-state index contributed by atoms with van der Waals surface area (Å²) >= 11 is 6.48. The van der Waals surface area contributed by atoms with Crippen LogP contribution >= 0.6 is 11.6 Å². The van der Waals surface area contributed by atoms with Gasteiger partial charge < -0.3 is 19.5 Å². The number of nitrogens with one attached hydrogen (secondary N) is 1. The lowest BCUT2D eigenvalue weighted by molar-refractivity contribution is 0.0934. The second kappa shape index (κ2) is 7.42. The van der Waals surface area contributed by atoms with Gasteiger partial charge in [-0.25, -0.2) is 0 Å². The lowest BCUT2D eigenvalue weighted by Crippen LogP contribution is -2.33. The molecule has 2 unspecified atom stereocenters. The van der Waals surface area contributed by atoms with E-state index in [1.165, 1.54) is 6.07 Å². The highest BCUT2D eigenvalue weighted by molar-refractivity contribution is 6.37. The number of hydrogen-bond donors (Lipinski definition) is 2. The van der Waals surface area contributed by atoms with Crippen molar-refractivity contribution in [3.63, 3.8) is 0 Å². The van der Waals surface area contributed by atoms with Crippen molar-refractivity contribution < 1.29 is 14.4 Å². The Morgan fingerprint density at radius 2 is 2.00 bits per heavy atom. The number of phenolic OH excluding ortho intramolecular Hbond substituents is 1. The van der Waals surface area contributed by atoms with Gasteiger partial charge in [-0.15, -0.1) is 0 Å². The molecule has 8 heteroatoms. The number of amides is 1. The second-order valence-corrected chi connectivity index (χ2v) is 8.33. The van der Waals surface area contributed by atoms with E-state index in [1.54, 1.807) is 35.8 Å². The molecular formula is C23H20ClN3O4. The molecule has 2 aromatic heterocycles. The van der Waals surface area contributed by atoms with E-state index in [1.807, 2.05) is 12.1 Å². The third-order valence-corrected chi connectivity index (χ3v) is 6.35. The summed E-state index contributed by atoms with van der Waals surface area (Å²) in [5, 5.41) is 18.6. The molecule has 1 saturated carbocycles. The third-order valence-electron chi connectivity index (χ3n) is 6.04. The fourth-order valence-electron chi connectivity index (χ4n) is 4.59. The number of para-hydroxylation sites is 1. The van der Waals surface area contributed by atoms with Gasteiger partial charge in [0.25, 0.3) is 11.5 Å². The maximum atomic E-state index is 13.4. The molecule has 4 aromatic rings. The number of pyridine rings is 1. The van der Waals surface area contributed by atoms with Gasteiger partial charge >= 0.3 is 0 Å². The quantitative estimate of drug-likeness (QED) is 0.497. The molecule has 158 valence electrons. The van der Waals surface area contributed by atoms with Crippen LogP contribution in [0, 0.1) is 6.92 Å². The van der Waals surface area contributed by atoms with Crippen molar-refractivity contribution in [1.29, 1.82) is 0 Å². The lowest BCUT2D eigenvalue weighted by Gasteiger charge is -2.19. The van der Waals surface area contributed by atoms with Gasteiger partial charge in [-0.05, 0) is 50.5 Å². The molecule has 2 N–H and O–H groups in total. The predicted molar refractivity (Wildman–Crippen MR) is 118 cm³/mol. The molecule has 0 spiro atoms. The summed E-state index contributed by atoms with van der Waals surface area (Å²) in [5.74, 6) is 0.0760. The number of carbonyl (C=O) groups excluding carboxylic acids is 1. The van der Waals surface area contributed by atoms with Crippen molar-refractivity contribution in [2.24, 2.45) is 0 Å². The monoisotopic (exact) mass is 437 g/mol. The van der Waals surface area contributed by atoms with E-state index >= 15 is 0 Å².